The van der Waals surface area contributed by atoms with Crippen molar-refractivity contribution in [1.29, 1.82) is 0 Å². The normalized spacial score (nSPS) is 21.9. The third kappa shape index (κ3) is 4.72. The predicted molar refractivity (Wildman–Crippen MR) is 142 cm³/mol. The van der Waals surface area contributed by atoms with Crippen molar-refractivity contribution < 1.29 is 22.7 Å². The van der Waals surface area contributed by atoms with Crippen LogP contribution in [0.15, 0.2) is 53.6 Å². The van der Waals surface area contributed by atoms with Crippen LogP contribution in [0.4, 0.5) is 24.7 Å². The third-order valence-corrected chi connectivity index (χ3v) is 8.61. The van der Waals surface area contributed by atoms with E-state index in [1.165, 1.54) is 10.5 Å². The van der Waals surface area contributed by atoms with Crippen molar-refractivity contribution in [1.82, 2.24) is 19.7 Å². The molecule has 3 aromatic rings. The van der Waals surface area contributed by atoms with Gasteiger partial charge in [0, 0.05) is 37.9 Å². The lowest BCUT2D eigenvalue weighted by Crippen LogP contribution is -2.56. The van der Waals surface area contributed by atoms with Crippen molar-refractivity contribution in [3.8, 4) is 0 Å². The van der Waals surface area contributed by atoms with Crippen LogP contribution in [0.2, 0.25) is 0 Å². The van der Waals surface area contributed by atoms with Crippen molar-refractivity contribution >= 4 is 23.1 Å². The van der Waals surface area contributed by atoms with Gasteiger partial charge in [-0.2, -0.15) is 13.2 Å². The van der Waals surface area contributed by atoms with E-state index in [1.54, 1.807) is 36.7 Å². The van der Waals surface area contributed by atoms with Crippen molar-refractivity contribution in [2.75, 3.05) is 43.1 Å². The van der Waals surface area contributed by atoms with E-state index in [1.807, 2.05) is 6.07 Å². The van der Waals surface area contributed by atoms with Gasteiger partial charge in [-0.05, 0) is 49.9 Å². The van der Waals surface area contributed by atoms with Crippen molar-refractivity contribution in [3.63, 3.8) is 0 Å². The lowest BCUT2D eigenvalue weighted by molar-refractivity contribution is -0.248. The van der Waals surface area contributed by atoms with Gasteiger partial charge in [0.1, 0.15) is 16.9 Å². The molecule has 2 saturated heterocycles. The molecule has 40 heavy (non-hydrogen) atoms. The van der Waals surface area contributed by atoms with Crippen LogP contribution in [0, 0.1) is 5.41 Å². The number of pyridine rings is 2. The summed E-state index contributed by atoms with van der Waals surface area (Å²) >= 11 is 0. The molecule has 2 N–H and O–H groups in total. The number of carbonyl (C=O) groups is 1. The lowest BCUT2D eigenvalue weighted by Gasteiger charge is -2.45. The summed E-state index contributed by atoms with van der Waals surface area (Å²) in [5.74, 6) is -0.201. The van der Waals surface area contributed by atoms with Crippen LogP contribution in [0.25, 0.3) is 5.65 Å². The fourth-order valence-electron chi connectivity index (χ4n) is 5.79. The zero-order valence-electron chi connectivity index (χ0n) is 21.9. The van der Waals surface area contributed by atoms with Gasteiger partial charge in [-0.15, -0.1) is 0 Å². The summed E-state index contributed by atoms with van der Waals surface area (Å²) in [4.78, 5) is 36.9. The van der Waals surface area contributed by atoms with Crippen molar-refractivity contribution in [2.45, 2.75) is 49.7 Å². The Balaban J connectivity index is 1.12. The molecule has 0 radical (unpaired) electrons. The Labute approximate surface area is 228 Å². The number of rotatable bonds is 7. The van der Waals surface area contributed by atoms with Crippen LogP contribution in [0.3, 0.4) is 0 Å². The summed E-state index contributed by atoms with van der Waals surface area (Å²) in [7, 11) is 0. The van der Waals surface area contributed by atoms with E-state index >= 15 is 0 Å². The molecule has 1 aliphatic carbocycles. The number of nitrogens with zero attached hydrogens (tertiary/aromatic N) is 4. The largest absolute Gasteiger partial charge is 0.395 e. The van der Waals surface area contributed by atoms with E-state index in [-0.39, 0.29) is 55.9 Å². The Morgan fingerprint density at radius 2 is 1.98 bits per heavy atom. The van der Waals surface area contributed by atoms with Crippen LogP contribution in [0.5, 0.6) is 0 Å². The van der Waals surface area contributed by atoms with Gasteiger partial charge in [0.05, 0.1) is 36.2 Å². The minimum atomic E-state index is -4.18. The maximum Gasteiger partial charge on any atom is 0.395 e. The van der Waals surface area contributed by atoms with Gasteiger partial charge in [-0.25, -0.2) is 4.98 Å². The number of nitrogens with one attached hydrogen (secondary N) is 2. The van der Waals surface area contributed by atoms with Crippen LogP contribution in [0.1, 0.15) is 37.8 Å². The molecule has 1 atom stereocenters. The van der Waals surface area contributed by atoms with Gasteiger partial charge >= 0.3 is 6.18 Å². The molecule has 212 valence electrons. The van der Waals surface area contributed by atoms with Crippen molar-refractivity contribution in [2.24, 2.45) is 5.41 Å². The fraction of sp³-hybridized carbons (Fsp3) is 0.500. The van der Waals surface area contributed by atoms with Gasteiger partial charge in [0.15, 0.2) is 0 Å². The number of carbonyl (C=O) groups excluding carboxylic acids is 1. The number of halogens is 3. The SMILES string of the molecule is O=C(Nc1cc(=O)n2ccccc2n1)C1(c2ccc(N3CCC[C@@H](NCC4(C(F)(F)F)CCC4)C3)cn2)COC1. The molecule has 9 nitrogen and oxygen atoms in total. The highest BCUT2D eigenvalue weighted by atomic mass is 19.4. The number of amides is 1. The summed E-state index contributed by atoms with van der Waals surface area (Å²) in [6, 6.07) is 10.1. The number of hydrogen-bond donors (Lipinski definition) is 2. The summed E-state index contributed by atoms with van der Waals surface area (Å²) < 4.78 is 47.5. The molecular formula is C28H31F3N6O3. The zero-order valence-corrected chi connectivity index (χ0v) is 21.9. The predicted octanol–water partition coefficient (Wildman–Crippen LogP) is 3.29. The highest BCUT2D eigenvalue weighted by Gasteiger charge is 2.58. The first-order valence-electron chi connectivity index (χ1n) is 13.6. The molecule has 3 aliphatic rings. The Kier molecular flexibility index (Phi) is 6.78. The minimum absolute atomic E-state index is 0.0380. The topological polar surface area (TPSA) is 101 Å². The van der Waals surface area contributed by atoms with E-state index in [9.17, 15) is 22.8 Å². The van der Waals surface area contributed by atoms with Gasteiger partial charge in [-0.3, -0.25) is 19.0 Å². The Morgan fingerprint density at radius 3 is 2.62 bits per heavy atom. The van der Waals surface area contributed by atoms with Gasteiger partial charge < -0.3 is 20.3 Å². The van der Waals surface area contributed by atoms with E-state index in [4.69, 9.17) is 4.74 Å². The molecule has 3 fully saturated rings. The molecule has 2 aliphatic heterocycles. The third-order valence-electron chi connectivity index (χ3n) is 8.61. The summed E-state index contributed by atoms with van der Waals surface area (Å²) in [5.41, 5.74) is -1.09. The number of piperidine rings is 1. The van der Waals surface area contributed by atoms with E-state index in [0.29, 0.717) is 24.3 Å². The quantitative estimate of drug-likeness (QED) is 0.461. The molecule has 1 saturated carbocycles. The molecule has 0 bridgehead atoms. The highest BCUT2D eigenvalue weighted by Crippen LogP contribution is 2.52. The number of hydrogen-bond acceptors (Lipinski definition) is 7. The lowest BCUT2D eigenvalue weighted by atomic mass is 9.68. The number of anilines is 2. The second-order valence-electron chi connectivity index (χ2n) is 11.1. The van der Waals surface area contributed by atoms with Crippen LogP contribution in [-0.4, -0.2) is 65.3 Å². The van der Waals surface area contributed by atoms with Crippen LogP contribution in [-0.2, 0) is 14.9 Å². The Hall–Kier alpha value is -3.51. The average Bonchev–Trinajstić information content (AvgIpc) is 2.87. The first kappa shape index (κ1) is 26.7. The molecular weight excluding hydrogens is 525 g/mol. The van der Waals surface area contributed by atoms with Gasteiger partial charge in [-0.1, -0.05) is 12.5 Å². The molecule has 12 heteroatoms. The van der Waals surface area contributed by atoms with Gasteiger partial charge in [0.2, 0.25) is 5.91 Å². The molecule has 1 amide bonds. The maximum atomic E-state index is 13.6. The second-order valence-corrected chi connectivity index (χ2v) is 11.1. The standard InChI is InChI=1S/C28H31F3N6O3/c29-28(30,31)26(9-4-10-26)16-33-19-5-3-11-36(15-19)20-7-8-21(32-14-20)27(17-40-18-27)25(39)35-22-13-24(38)37-12-2-1-6-23(37)34-22/h1-2,6-8,12-14,19,33H,3-5,9-11,15-18H2,(H,35,39)/t19-/m1/s1. The zero-order chi connectivity index (χ0) is 28.0. The number of fused-ring (bicyclic) bond motifs is 1. The Morgan fingerprint density at radius 1 is 1.15 bits per heavy atom. The van der Waals surface area contributed by atoms with E-state index in [2.05, 4.69) is 25.5 Å². The molecule has 0 aromatic carbocycles. The maximum absolute atomic E-state index is 13.6. The molecule has 0 spiro atoms. The van der Waals surface area contributed by atoms with Crippen LogP contribution < -0.4 is 21.1 Å². The molecule has 6 rings (SSSR count). The van der Waals surface area contributed by atoms with Gasteiger partial charge in [0.25, 0.3) is 5.56 Å². The summed E-state index contributed by atoms with van der Waals surface area (Å²) in [6.45, 7) is 1.62. The highest BCUT2D eigenvalue weighted by molar-refractivity contribution is 5.99. The summed E-state index contributed by atoms with van der Waals surface area (Å²) in [6.07, 6.45) is 1.82. The monoisotopic (exact) mass is 556 g/mol. The second kappa shape index (κ2) is 10.2. The molecule has 3 aromatic heterocycles. The first-order chi connectivity index (χ1) is 19.2. The Bertz CT molecular complexity index is 1450. The average molecular weight is 557 g/mol. The van der Waals surface area contributed by atoms with E-state index in [0.717, 1.165) is 25.1 Å². The number of aromatic nitrogens is 3. The molecule has 0 unspecified atom stereocenters. The smallest absolute Gasteiger partial charge is 0.378 e. The fourth-order valence-corrected chi connectivity index (χ4v) is 5.79. The minimum Gasteiger partial charge on any atom is -0.378 e. The summed E-state index contributed by atoms with van der Waals surface area (Å²) in [5, 5.41) is 5.96. The van der Waals surface area contributed by atoms with Crippen molar-refractivity contribution in [3.05, 3.63) is 64.8 Å². The van der Waals surface area contributed by atoms with E-state index < -0.39 is 17.0 Å². The number of ether oxygens (including phenoxy) is 1. The number of alkyl halides is 3. The molecule has 5 heterocycles. The van der Waals surface area contributed by atoms with Crippen LogP contribution >= 0.6 is 0 Å². The first-order valence-corrected chi connectivity index (χ1v) is 13.6.